The SMILES string of the molecule is COc1ncccc1CNCCc1ccc2[nH]ccc2c1. The molecule has 2 N–H and O–H groups in total. The monoisotopic (exact) mass is 281 g/mol. The van der Waals surface area contributed by atoms with Crippen molar-refractivity contribution in [1.82, 2.24) is 15.3 Å². The fraction of sp³-hybridized carbons (Fsp3) is 0.235. The number of rotatable bonds is 6. The Morgan fingerprint density at radius 3 is 3.10 bits per heavy atom. The highest BCUT2D eigenvalue weighted by Gasteiger charge is 2.02. The summed E-state index contributed by atoms with van der Waals surface area (Å²) in [6.07, 6.45) is 4.72. The maximum absolute atomic E-state index is 5.25. The summed E-state index contributed by atoms with van der Waals surface area (Å²) in [6.45, 7) is 1.69. The van der Waals surface area contributed by atoms with Crippen molar-refractivity contribution in [3.05, 3.63) is 59.9 Å². The Morgan fingerprint density at radius 2 is 2.19 bits per heavy atom. The number of ether oxygens (including phenoxy) is 1. The molecule has 21 heavy (non-hydrogen) atoms. The number of hydrogen-bond donors (Lipinski definition) is 2. The Kier molecular flexibility index (Phi) is 4.17. The van der Waals surface area contributed by atoms with E-state index in [0.29, 0.717) is 5.88 Å². The first kappa shape index (κ1) is 13.6. The first-order valence-corrected chi connectivity index (χ1v) is 7.11. The third-order valence-electron chi connectivity index (χ3n) is 3.57. The standard InChI is InChI=1S/C17H19N3O/c1-21-17-15(3-2-8-20-17)12-18-9-6-13-4-5-16-14(11-13)7-10-19-16/h2-5,7-8,10-11,18-19H,6,9,12H2,1H3. The van der Waals surface area contributed by atoms with Gasteiger partial charge in [-0.05, 0) is 48.2 Å². The minimum Gasteiger partial charge on any atom is -0.481 e. The van der Waals surface area contributed by atoms with Gasteiger partial charge in [0.25, 0.3) is 0 Å². The molecule has 4 heteroatoms. The smallest absolute Gasteiger partial charge is 0.217 e. The Morgan fingerprint density at radius 1 is 1.24 bits per heavy atom. The van der Waals surface area contributed by atoms with Gasteiger partial charge in [-0.2, -0.15) is 0 Å². The summed E-state index contributed by atoms with van der Waals surface area (Å²) in [5.41, 5.74) is 3.61. The number of fused-ring (bicyclic) bond motifs is 1. The van der Waals surface area contributed by atoms with Gasteiger partial charge in [0.05, 0.1) is 7.11 Å². The highest BCUT2D eigenvalue weighted by molar-refractivity contribution is 5.79. The summed E-state index contributed by atoms with van der Waals surface area (Å²) in [6, 6.07) is 12.6. The van der Waals surface area contributed by atoms with Crippen LogP contribution in [0.5, 0.6) is 5.88 Å². The number of aromatic amines is 1. The summed E-state index contributed by atoms with van der Waals surface area (Å²) in [7, 11) is 1.65. The van der Waals surface area contributed by atoms with E-state index in [1.165, 1.54) is 16.5 Å². The zero-order valence-electron chi connectivity index (χ0n) is 12.1. The van der Waals surface area contributed by atoms with Crippen LogP contribution in [0.4, 0.5) is 0 Å². The molecule has 0 atom stereocenters. The van der Waals surface area contributed by atoms with E-state index in [0.717, 1.165) is 25.1 Å². The largest absolute Gasteiger partial charge is 0.481 e. The van der Waals surface area contributed by atoms with Crippen molar-refractivity contribution < 1.29 is 4.74 Å². The van der Waals surface area contributed by atoms with Gasteiger partial charge in [0, 0.05) is 30.0 Å². The third kappa shape index (κ3) is 3.23. The molecule has 3 rings (SSSR count). The molecule has 2 heterocycles. The molecule has 1 aromatic carbocycles. The lowest BCUT2D eigenvalue weighted by Gasteiger charge is -2.08. The summed E-state index contributed by atoms with van der Waals surface area (Å²) in [4.78, 5) is 7.41. The predicted molar refractivity (Wildman–Crippen MR) is 84.5 cm³/mol. The van der Waals surface area contributed by atoms with Crippen molar-refractivity contribution in [2.45, 2.75) is 13.0 Å². The molecule has 0 unspecified atom stereocenters. The molecular weight excluding hydrogens is 262 g/mol. The van der Waals surface area contributed by atoms with E-state index in [4.69, 9.17) is 4.74 Å². The summed E-state index contributed by atoms with van der Waals surface area (Å²) < 4.78 is 5.25. The van der Waals surface area contributed by atoms with Gasteiger partial charge in [-0.15, -0.1) is 0 Å². The van der Waals surface area contributed by atoms with E-state index in [9.17, 15) is 0 Å². The Bertz CT molecular complexity index is 721. The van der Waals surface area contributed by atoms with Gasteiger partial charge in [0.15, 0.2) is 0 Å². The van der Waals surface area contributed by atoms with Gasteiger partial charge in [-0.1, -0.05) is 12.1 Å². The van der Waals surface area contributed by atoms with Gasteiger partial charge in [0.2, 0.25) is 5.88 Å². The second kappa shape index (κ2) is 6.41. The average molecular weight is 281 g/mol. The minimum absolute atomic E-state index is 0.693. The lowest BCUT2D eigenvalue weighted by Crippen LogP contribution is -2.17. The van der Waals surface area contributed by atoms with E-state index >= 15 is 0 Å². The van der Waals surface area contributed by atoms with Crippen LogP contribution in [0.1, 0.15) is 11.1 Å². The number of benzene rings is 1. The molecule has 108 valence electrons. The van der Waals surface area contributed by atoms with Crippen molar-refractivity contribution in [2.75, 3.05) is 13.7 Å². The lowest BCUT2D eigenvalue weighted by atomic mass is 10.1. The molecular formula is C17H19N3O. The molecule has 0 amide bonds. The molecule has 0 bridgehead atoms. The first-order chi connectivity index (χ1) is 10.4. The fourth-order valence-corrected chi connectivity index (χ4v) is 2.46. The predicted octanol–water partition coefficient (Wildman–Crippen LogP) is 2.90. The highest BCUT2D eigenvalue weighted by Crippen LogP contribution is 2.15. The maximum atomic E-state index is 5.25. The zero-order chi connectivity index (χ0) is 14.5. The highest BCUT2D eigenvalue weighted by atomic mass is 16.5. The van der Waals surface area contributed by atoms with Gasteiger partial charge >= 0.3 is 0 Å². The van der Waals surface area contributed by atoms with Gasteiger partial charge in [-0.25, -0.2) is 4.98 Å². The topological polar surface area (TPSA) is 49.9 Å². The second-order valence-electron chi connectivity index (χ2n) is 5.00. The van der Waals surface area contributed by atoms with Crippen LogP contribution in [-0.4, -0.2) is 23.6 Å². The van der Waals surface area contributed by atoms with Gasteiger partial charge in [-0.3, -0.25) is 0 Å². The van der Waals surface area contributed by atoms with Crippen LogP contribution >= 0.6 is 0 Å². The molecule has 0 saturated carbocycles. The number of pyridine rings is 1. The number of nitrogens with one attached hydrogen (secondary N) is 2. The number of hydrogen-bond acceptors (Lipinski definition) is 3. The van der Waals surface area contributed by atoms with Crippen molar-refractivity contribution in [1.29, 1.82) is 0 Å². The van der Waals surface area contributed by atoms with E-state index in [1.54, 1.807) is 13.3 Å². The number of methoxy groups -OCH3 is 1. The van der Waals surface area contributed by atoms with Gasteiger partial charge in [0.1, 0.15) is 0 Å². The van der Waals surface area contributed by atoms with E-state index in [-0.39, 0.29) is 0 Å². The Hall–Kier alpha value is -2.33. The fourth-order valence-electron chi connectivity index (χ4n) is 2.46. The second-order valence-corrected chi connectivity index (χ2v) is 5.00. The number of aromatic nitrogens is 2. The molecule has 0 radical (unpaired) electrons. The van der Waals surface area contributed by atoms with Crippen molar-refractivity contribution in [3.63, 3.8) is 0 Å². The number of H-pyrrole nitrogens is 1. The normalized spacial score (nSPS) is 10.9. The van der Waals surface area contributed by atoms with Crippen molar-refractivity contribution >= 4 is 10.9 Å². The Balaban J connectivity index is 1.54. The molecule has 0 aliphatic carbocycles. The van der Waals surface area contributed by atoms with Crippen LogP contribution in [0.2, 0.25) is 0 Å². The van der Waals surface area contributed by atoms with E-state index in [1.807, 2.05) is 18.3 Å². The molecule has 0 spiro atoms. The molecule has 0 saturated heterocycles. The van der Waals surface area contributed by atoms with Crippen molar-refractivity contribution in [3.8, 4) is 5.88 Å². The summed E-state index contributed by atoms with van der Waals surface area (Å²) in [5.74, 6) is 0.693. The number of nitrogens with zero attached hydrogens (tertiary/aromatic N) is 1. The van der Waals surface area contributed by atoms with E-state index < -0.39 is 0 Å². The van der Waals surface area contributed by atoms with Crippen LogP contribution < -0.4 is 10.1 Å². The van der Waals surface area contributed by atoms with E-state index in [2.05, 4.69) is 39.6 Å². The molecule has 0 aliphatic heterocycles. The van der Waals surface area contributed by atoms with Crippen LogP contribution in [0.3, 0.4) is 0 Å². The quantitative estimate of drug-likeness (QED) is 0.683. The first-order valence-electron chi connectivity index (χ1n) is 7.11. The Labute approximate surface area is 124 Å². The van der Waals surface area contributed by atoms with Crippen LogP contribution in [-0.2, 0) is 13.0 Å². The van der Waals surface area contributed by atoms with Gasteiger partial charge < -0.3 is 15.0 Å². The average Bonchev–Trinajstić information content (AvgIpc) is 2.99. The minimum atomic E-state index is 0.693. The molecule has 0 fully saturated rings. The molecule has 4 nitrogen and oxygen atoms in total. The molecule has 3 aromatic rings. The summed E-state index contributed by atoms with van der Waals surface area (Å²) in [5, 5.41) is 4.70. The van der Waals surface area contributed by atoms with Crippen LogP contribution in [0.25, 0.3) is 10.9 Å². The zero-order valence-corrected chi connectivity index (χ0v) is 12.1. The molecule has 2 aromatic heterocycles. The van der Waals surface area contributed by atoms with Crippen LogP contribution in [0.15, 0.2) is 48.8 Å². The maximum Gasteiger partial charge on any atom is 0.217 e. The summed E-state index contributed by atoms with van der Waals surface area (Å²) >= 11 is 0. The molecule has 0 aliphatic rings. The van der Waals surface area contributed by atoms with Crippen LogP contribution in [0, 0.1) is 0 Å². The van der Waals surface area contributed by atoms with Crippen molar-refractivity contribution in [2.24, 2.45) is 0 Å². The third-order valence-corrected chi connectivity index (χ3v) is 3.57. The lowest BCUT2D eigenvalue weighted by molar-refractivity contribution is 0.390.